The average molecular weight is 280 g/mol. The summed E-state index contributed by atoms with van der Waals surface area (Å²) in [5.41, 5.74) is 0.709. The van der Waals surface area contributed by atoms with Crippen molar-refractivity contribution in [1.29, 1.82) is 0 Å². The van der Waals surface area contributed by atoms with E-state index in [9.17, 15) is 4.79 Å². The number of aromatic nitrogens is 5. The Kier molecular flexibility index (Phi) is 4.20. The van der Waals surface area contributed by atoms with E-state index >= 15 is 0 Å². The molecular weight excluding hydrogens is 264 g/mol. The molecule has 0 saturated heterocycles. The Balaban J connectivity index is 2.23. The van der Waals surface area contributed by atoms with Crippen LogP contribution in [0.3, 0.4) is 0 Å². The molecule has 19 heavy (non-hydrogen) atoms. The van der Waals surface area contributed by atoms with Gasteiger partial charge >= 0.3 is 5.69 Å². The maximum absolute atomic E-state index is 11.3. The number of rotatable bonds is 5. The molecule has 0 bridgehead atoms. The van der Waals surface area contributed by atoms with E-state index in [-0.39, 0.29) is 5.69 Å². The molecule has 0 aliphatic heterocycles. The van der Waals surface area contributed by atoms with Crippen molar-refractivity contribution in [3.63, 3.8) is 0 Å². The van der Waals surface area contributed by atoms with Gasteiger partial charge in [0.05, 0.1) is 0 Å². The molecule has 0 amide bonds. The second-order valence-corrected chi connectivity index (χ2v) is 5.04. The molecular formula is C11H16N6OS. The molecule has 0 radical (unpaired) electrons. The largest absolute Gasteiger partial charge is 0.354 e. The predicted molar refractivity (Wildman–Crippen MR) is 73.5 cm³/mol. The van der Waals surface area contributed by atoms with Crippen LogP contribution in [0.2, 0.25) is 0 Å². The quantitative estimate of drug-likeness (QED) is 0.800. The Labute approximate surface area is 114 Å². The van der Waals surface area contributed by atoms with Gasteiger partial charge in [0.25, 0.3) is 0 Å². The van der Waals surface area contributed by atoms with E-state index in [4.69, 9.17) is 0 Å². The topological polar surface area (TPSA) is 88.5 Å². The van der Waals surface area contributed by atoms with Crippen LogP contribution in [0, 0.1) is 6.92 Å². The molecule has 8 heteroatoms. The SMILES string of the molecule is CCCNc1ncc(C)c(Sc2n[nH]c(=O)n2C)n1. The second-order valence-electron chi connectivity index (χ2n) is 4.08. The minimum absolute atomic E-state index is 0.237. The minimum atomic E-state index is -0.237. The lowest BCUT2D eigenvalue weighted by Gasteiger charge is -2.07. The van der Waals surface area contributed by atoms with Gasteiger partial charge in [-0.2, -0.15) is 0 Å². The zero-order valence-electron chi connectivity index (χ0n) is 11.1. The van der Waals surface area contributed by atoms with Gasteiger partial charge in [-0.25, -0.2) is 19.9 Å². The van der Waals surface area contributed by atoms with Crippen molar-refractivity contribution in [2.24, 2.45) is 7.05 Å². The molecule has 0 aliphatic carbocycles. The molecule has 2 rings (SSSR count). The van der Waals surface area contributed by atoms with Gasteiger partial charge in [-0.1, -0.05) is 6.92 Å². The van der Waals surface area contributed by atoms with Crippen LogP contribution in [0.15, 0.2) is 21.2 Å². The highest BCUT2D eigenvalue weighted by molar-refractivity contribution is 7.99. The van der Waals surface area contributed by atoms with Gasteiger partial charge in [0.1, 0.15) is 5.03 Å². The molecule has 2 N–H and O–H groups in total. The Morgan fingerprint density at radius 1 is 1.53 bits per heavy atom. The number of hydrogen-bond acceptors (Lipinski definition) is 6. The summed E-state index contributed by atoms with van der Waals surface area (Å²) in [5, 5.41) is 10.9. The fraction of sp³-hybridized carbons (Fsp3) is 0.455. The Morgan fingerprint density at radius 3 is 2.95 bits per heavy atom. The van der Waals surface area contributed by atoms with Crippen molar-refractivity contribution in [3.8, 4) is 0 Å². The molecule has 0 aliphatic rings. The van der Waals surface area contributed by atoms with Crippen LogP contribution < -0.4 is 11.0 Å². The molecule has 7 nitrogen and oxygen atoms in total. The first-order valence-corrected chi connectivity index (χ1v) is 6.80. The summed E-state index contributed by atoms with van der Waals surface area (Å²) in [4.78, 5) is 20.0. The third kappa shape index (κ3) is 3.14. The first-order valence-electron chi connectivity index (χ1n) is 5.98. The Hall–Kier alpha value is -1.83. The third-order valence-corrected chi connectivity index (χ3v) is 3.64. The zero-order valence-corrected chi connectivity index (χ0v) is 11.9. The van der Waals surface area contributed by atoms with Gasteiger partial charge in [-0.15, -0.1) is 5.10 Å². The van der Waals surface area contributed by atoms with Gasteiger partial charge in [0, 0.05) is 25.4 Å². The standard InChI is InChI=1S/C11H16N6OS/c1-4-5-12-9-13-6-7(2)8(14-9)19-11-16-15-10(18)17(11)3/h6H,4-5H2,1-3H3,(H,15,18)(H,12,13,14). The van der Waals surface area contributed by atoms with Gasteiger partial charge in [0.2, 0.25) is 5.95 Å². The van der Waals surface area contributed by atoms with E-state index in [2.05, 4.69) is 32.4 Å². The second kappa shape index (κ2) is 5.87. The van der Waals surface area contributed by atoms with E-state index in [1.807, 2.05) is 6.92 Å². The summed E-state index contributed by atoms with van der Waals surface area (Å²) >= 11 is 1.34. The lowest BCUT2D eigenvalue weighted by Crippen LogP contribution is -2.13. The number of nitrogens with one attached hydrogen (secondary N) is 2. The zero-order chi connectivity index (χ0) is 13.8. The summed E-state index contributed by atoms with van der Waals surface area (Å²) in [7, 11) is 1.67. The van der Waals surface area contributed by atoms with Crippen molar-refractivity contribution >= 4 is 17.7 Å². The van der Waals surface area contributed by atoms with Crippen molar-refractivity contribution in [1.82, 2.24) is 24.7 Å². The number of anilines is 1. The number of nitrogens with zero attached hydrogens (tertiary/aromatic N) is 4. The van der Waals surface area contributed by atoms with E-state index in [1.165, 1.54) is 16.3 Å². The monoisotopic (exact) mass is 280 g/mol. The Bertz CT molecular complexity index is 620. The molecule has 2 aromatic rings. The molecule has 0 atom stereocenters. The van der Waals surface area contributed by atoms with Gasteiger partial charge in [-0.3, -0.25) is 4.57 Å². The minimum Gasteiger partial charge on any atom is -0.354 e. The van der Waals surface area contributed by atoms with Crippen LogP contribution in [-0.4, -0.2) is 31.3 Å². The molecule has 0 fully saturated rings. The van der Waals surface area contributed by atoms with Crippen molar-refractivity contribution < 1.29 is 0 Å². The maximum Gasteiger partial charge on any atom is 0.343 e. The fourth-order valence-electron chi connectivity index (χ4n) is 1.36. The highest BCUT2D eigenvalue weighted by atomic mass is 32.2. The molecule has 0 aromatic carbocycles. The van der Waals surface area contributed by atoms with Crippen molar-refractivity contribution in [3.05, 3.63) is 22.2 Å². The first kappa shape index (κ1) is 13.6. The van der Waals surface area contributed by atoms with Crippen LogP contribution in [0.25, 0.3) is 0 Å². The lowest BCUT2D eigenvalue weighted by atomic mass is 10.4. The van der Waals surface area contributed by atoms with Gasteiger partial charge in [-0.05, 0) is 25.1 Å². The summed E-state index contributed by atoms with van der Waals surface area (Å²) < 4.78 is 1.45. The van der Waals surface area contributed by atoms with Crippen molar-refractivity contribution in [2.45, 2.75) is 30.5 Å². The molecule has 0 saturated carbocycles. The van der Waals surface area contributed by atoms with E-state index in [0.29, 0.717) is 11.1 Å². The highest BCUT2D eigenvalue weighted by Crippen LogP contribution is 2.26. The normalized spacial score (nSPS) is 10.7. The summed E-state index contributed by atoms with van der Waals surface area (Å²) in [5.74, 6) is 0.593. The number of aryl methyl sites for hydroxylation is 1. The predicted octanol–water partition coefficient (Wildman–Crippen LogP) is 1.18. The van der Waals surface area contributed by atoms with Gasteiger partial charge in [0.15, 0.2) is 5.16 Å². The van der Waals surface area contributed by atoms with Crippen LogP contribution in [0.1, 0.15) is 18.9 Å². The van der Waals surface area contributed by atoms with Crippen LogP contribution >= 0.6 is 11.8 Å². The number of H-pyrrole nitrogens is 1. The van der Waals surface area contributed by atoms with Crippen LogP contribution in [-0.2, 0) is 7.05 Å². The summed E-state index contributed by atoms with van der Waals surface area (Å²) in [6.07, 6.45) is 2.77. The van der Waals surface area contributed by atoms with Crippen molar-refractivity contribution in [2.75, 3.05) is 11.9 Å². The Morgan fingerprint density at radius 2 is 2.32 bits per heavy atom. The highest BCUT2D eigenvalue weighted by Gasteiger charge is 2.11. The van der Waals surface area contributed by atoms with E-state index < -0.39 is 0 Å². The van der Waals surface area contributed by atoms with E-state index in [1.54, 1.807) is 13.2 Å². The van der Waals surface area contributed by atoms with Gasteiger partial charge < -0.3 is 5.32 Å². The smallest absolute Gasteiger partial charge is 0.343 e. The van der Waals surface area contributed by atoms with Crippen LogP contribution in [0.4, 0.5) is 5.95 Å². The fourth-order valence-corrected chi connectivity index (χ4v) is 2.19. The molecule has 2 aromatic heterocycles. The molecule has 102 valence electrons. The molecule has 0 spiro atoms. The third-order valence-electron chi connectivity index (χ3n) is 2.49. The number of hydrogen-bond donors (Lipinski definition) is 2. The molecule has 0 unspecified atom stereocenters. The lowest BCUT2D eigenvalue weighted by molar-refractivity contribution is 0.764. The molecule has 2 heterocycles. The number of aromatic amines is 1. The summed E-state index contributed by atoms with van der Waals surface area (Å²) in [6.45, 7) is 4.83. The van der Waals surface area contributed by atoms with E-state index in [0.717, 1.165) is 23.6 Å². The first-order chi connectivity index (χ1) is 9.11. The maximum atomic E-state index is 11.3. The van der Waals surface area contributed by atoms with Crippen LogP contribution in [0.5, 0.6) is 0 Å². The summed E-state index contributed by atoms with van der Waals surface area (Å²) in [6, 6.07) is 0. The average Bonchev–Trinajstić information content (AvgIpc) is 2.71.